The number of para-hydroxylation sites is 1. The first-order chi connectivity index (χ1) is 19.8. The number of primary amides is 1. The Morgan fingerprint density at radius 3 is 2.45 bits per heavy atom. The standard InChI is InChI=1S/C28H26F2N6O5S/c1-35-25-21(26(33-35)34-42(3,39)40)5-4-6-23(25)36-27(32-22-14-19(41-2)7-8-20(22)28(36)38)16(12-24(31)37)9-15-10-17(29)13-18(30)11-15/h4-8,10-11,13-14,16H,9,12H2,1-3H3,(H2,31,37)(H,33,34)/t16-/m0/s1. The number of amides is 1. The molecule has 42 heavy (non-hydrogen) atoms. The number of benzene rings is 3. The zero-order valence-corrected chi connectivity index (χ0v) is 23.6. The fraction of sp³-hybridized carbons (Fsp3) is 0.214. The van der Waals surface area contributed by atoms with E-state index in [1.807, 2.05) is 0 Å². The molecule has 0 radical (unpaired) electrons. The third-order valence-electron chi connectivity index (χ3n) is 6.69. The Hall–Kier alpha value is -4.85. The van der Waals surface area contributed by atoms with Gasteiger partial charge in [-0.05, 0) is 48.4 Å². The summed E-state index contributed by atoms with van der Waals surface area (Å²) in [5.74, 6) is -2.65. The van der Waals surface area contributed by atoms with E-state index in [1.54, 1.807) is 43.4 Å². The van der Waals surface area contributed by atoms with Crippen molar-refractivity contribution in [3.05, 3.63) is 88.0 Å². The van der Waals surface area contributed by atoms with Crippen LogP contribution in [0.15, 0.2) is 59.4 Å². The molecule has 5 aromatic rings. The number of fused-ring (bicyclic) bond motifs is 2. The molecule has 14 heteroatoms. The average molecular weight is 597 g/mol. The largest absolute Gasteiger partial charge is 0.497 e. The summed E-state index contributed by atoms with van der Waals surface area (Å²) in [6, 6.07) is 12.6. The number of nitrogens with zero attached hydrogens (tertiary/aromatic N) is 4. The summed E-state index contributed by atoms with van der Waals surface area (Å²) >= 11 is 0. The molecule has 0 saturated heterocycles. The van der Waals surface area contributed by atoms with Gasteiger partial charge in [0.1, 0.15) is 23.2 Å². The predicted octanol–water partition coefficient (Wildman–Crippen LogP) is 3.13. The lowest BCUT2D eigenvalue weighted by molar-refractivity contribution is -0.118. The second-order valence-electron chi connectivity index (χ2n) is 9.86. The van der Waals surface area contributed by atoms with Crippen LogP contribution >= 0.6 is 0 Å². The number of nitrogens with one attached hydrogen (secondary N) is 1. The topological polar surface area (TPSA) is 151 Å². The normalized spacial score (nSPS) is 12.5. The molecule has 3 aromatic carbocycles. The smallest absolute Gasteiger partial charge is 0.266 e. The molecule has 0 unspecified atom stereocenters. The first-order valence-corrected chi connectivity index (χ1v) is 14.5. The van der Waals surface area contributed by atoms with Crippen molar-refractivity contribution in [1.82, 2.24) is 19.3 Å². The average Bonchev–Trinajstić information content (AvgIpc) is 3.20. The second kappa shape index (κ2) is 10.9. The Kier molecular flexibility index (Phi) is 7.41. The van der Waals surface area contributed by atoms with Crippen molar-refractivity contribution in [2.75, 3.05) is 18.1 Å². The molecule has 0 bridgehead atoms. The van der Waals surface area contributed by atoms with Crippen molar-refractivity contribution in [3.8, 4) is 11.4 Å². The van der Waals surface area contributed by atoms with Gasteiger partial charge in [-0.1, -0.05) is 6.07 Å². The third kappa shape index (κ3) is 5.65. The molecule has 0 spiro atoms. The first kappa shape index (κ1) is 28.7. The summed E-state index contributed by atoms with van der Waals surface area (Å²) in [5, 5.41) is 4.92. The number of carbonyl (C=O) groups excluding carboxylic acids is 1. The van der Waals surface area contributed by atoms with Gasteiger partial charge in [-0.3, -0.25) is 23.6 Å². The molecule has 3 N–H and O–H groups in total. The number of hydrogen-bond donors (Lipinski definition) is 2. The zero-order chi connectivity index (χ0) is 30.3. The van der Waals surface area contributed by atoms with Gasteiger partial charge in [0.2, 0.25) is 15.9 Å². The lowest BCUT2D eigenvalue weighted by Crippen LogP contribution is -2.29. The van der Waals surface area contributed by atoms with Crippen LogP contribution in [0.4, 0.5) is 14.6 Å². The summed E-state index contributed by atoms with van der Waals surface area (Å²) in [4.78, 5) is 31.2. The van der Waals surface area contributed by atoms with E-state index in [4.69, 9.17) is 15.5 Å². The van der Waals surface area contributed by atoms with Crippen LogP contribution in [0.2, 0.25) is 0 Å². The molecule has 1 amide bonds. The van der Waals surface area contributed by atoms with Crippen molar-refractivity contribution in [1.29, 1.82) is 0 Å². The maximum absolute atomic E-state index is 14.2. The number of ether oxygens (including phenoxy) is 1. The minimum absolute atomic E-state index is 0.0499. The lowest BCUT2D eigenvalue weighted by atomic mass is 9.94. The molecule has 0 aliphatic heterocycles. The SMILES string of the molecule is COc1ccc2c(=O)n(-c3cccc4c(NS(C)(=O)=O)nn(C)c34)c([C@H](CC(N)=O)Cc3cc(F)cc(F)c3)nc2c1. The van der Waals surface area contributed by atoms with Gasteiger partial charge in [0.25, 0.3) is 5.56 Å². The van der Waals surface area contributed by atoms with Crippen molar-refractivity contribution < 1.29 is 26.7 Å². The van der Waals surface area contributed by atoms with E-state index in [9.17, 15) is 26.8 Å². The molecular formula is C28H26F2N6O5S. The van der Waals surface area contributed by atoms with E-state index in [0.29, 0.717) is 16.7 Å². The number of aryl methyl sites for hydroxylation is 1. The summed E-state index contributed by atoms with van der Waals surface area (Å²) in [6.07, 6.45) is 0.606. The van der Waals surface area contributed by atoms with E-state index >= 15 is 0 Å². The minimum atomic E-state index is -3.68. The van der Waals surface area contributed by atoms with Crippen molar-refractivity contribution in [3.63, 3.8) is 0 Å². The van der Waals surface area contributed by atoms with Crippen LogP contribution in [0.1, 0.15) is 23.7 Å². The maximum atomic E-state index is 14.2. The highest BCUT2D eigenvalue weighted by atomic mass is 32.2. The maximum Gasteiger partial charge on any atom is 0.266 e. The predicted molar refractivity (Wildman–Crippen MR) is 153 cm³/mol. The van der Waals surface area contributed by atoms with Crippen LogP contribution in [-0.2, 0) is 28.3 Å². The Balaban J connectivity index is 1.84. The number of hydrogen-bond acceptors (Lipinski definition) is 7. The summed E-state index contributed by atoms with van der Waals surface area (Å²) in [5.41, 5.74) is 6.26. The Morgan fingerprint density at radius 2 is 1.81 bits per heavy atom. The summed E-state index contributed by atoms with van der Waals surface area (Å²) in [6.45, 7) is 0. The van der Waals surface area contributed by atoms with Crippen molar-refractivity contribution in [2.45, 2.75) is 18.8 Å². The molecule has 218 valence electrons. The number of nitrogens with two attached hydrogens (primary N) is 1. The molecule has 0 fully saturated rings. The lowest BCUT2D eigenvalue weighted by Gasteiger charge is -2.22. The number of methoxy groups -OCH3 is 1. The molecule has 0 aliphatic carbocycles. The molecule has 0 saturated carbocycles. The van der Waals surface area contributed by atoms with Gasteiger partial charge in [-0.25, -0.2) is 22.2 Å². The van der Waals surface area contributed by atoms with Gasteiger partial charge in [-0.15, -0.1) is 0 Å². The van der Waals surface area contributed by atoms with Crippen LogP contribution in [-0.4, -0.2) is 47.0 Å². The molecule has 11 nitrogen and oxygen atoms in total. The molecular weight excluding hydrogens is 570 g/mol. The highest BCUT2D eigenvalue weighted by molar-refractivity contribution is 7.92. The van der Waals surface area contributed by atoms with Crippen molar-refractivity contribution >= 4 is 43.6 Å². The highest BCUT2D eigenvalue weighted by Gasteiger charge is 2.26. The van der Waals surface area contributed by atoms with E-state index in [0.717, 1.165) is 24.5 Å². The van der Waals surface area contributed by atoms with E-state index in [1.165, 1.54) is 16.4 Å². The van der Waals surface area contributed by atoms with Crippen LogP contribution in [0.5, 0.6) is 5.75 Å². The fourth-order valence-electron chi connectivity index (χ4n) is 5.08. The molecule has 2 aromatic heterocycles. The van der Waals surface area contributed by atoms with Gasteiger partial charge in [0, 0.05) is 36.9 Å². The highest BCUT2D eigenvalue weighted by Crippen LogP contribution is 2.32. The summed E-state index contributed by atoms with van der Waals surface area (Å²) in [7, 11) is -0.640. The van der Waals surface area contributed by atoms with Crippen LogP contribution in [0.25, 0.3) is 27.5 Å². The summed E-state index contributed by atoms with van der Waals surface area (Å²) < 4.78 is 62.6. The Labute approximate surface area is 238 Å². The van der Waals surface area contributed by atoms with Gasteiger partial charge in [0.15, 0.2) is 5.82 Å². The quantitative estimate of drug-likeness (QED) is 0.265. The van der Waals surface area contributed by atoms with E-state index in [-0.39, 0.29) is 46.6 Å². The number of aromatic nitrogens is 4. The molecule has 5 rings (SSSR count). The number of sulfonamides is 1. The molecule has 0 aliphatic rings. The molecule has 2 heterocycles. The second-order valence-corrected chi connectivity index (χ2v) is 11.6. The van der Waals surface area contributed by atoms with E-state index < -0.39 is 39.0 Å². The number of rotatable bonds is 9. The minimum Gasteiger partial charge on any atom is -0.497 e. The number of halogens is 2. The van der Waals surface area contributed by atoms with Crippen LogP contribution < -0.4 is 20.8 Å². The van der Waals surface area contributed by atoms with E-state index in [2.05, 4.69) is 9.82 Å². The van der Waals surface area contributed by atoms with Crippen molar-refractivity contribution in [2.24, 2.45) is 12.8 Å². The Morgan fingerprint density at radius 1 is 1.10 bits per heavy atom. The Bertz CT molecular complexity index is 2020. The first-order valence-electron chi connectivity index (χ1n) is 12.6. The third-order valence-corrected chi connectivity index (χ3v) is 7.25. The van der Waals surface area contributed by atoms with Gasteiger partial charge in [-0.2, -0.15) is 5.10 Å². The van der Waals surface area contributed by atoms with Crippen LogP contribution in [0.3, 0.4) is 0 Å². The van der Waals surface area contributed by atoms with Gasteiger partial charge >= 0.3 is 0 Å². The van der Waals surface area contributed by atoms with Gasteiger partial charge in [0.05, 0.1) is 35.5 Å². The fourth-order valence-corrected chi connectivity index (χ4v) is 5.58. The van der Waals surface area contributed by atoms with Crippen LogP contribution in [0, 0.1) is 11.6 Å². The molecule has 1 atom stereocenters. The number of anilines is 1. The monoisotopic (exact) mass is 596 g/mol. The number of carbonyl (C=O) groups is 1. The zero-order valence-electron chi connectivity index (χ0n) is 22.8. The van der Waals surface area contributed by atoms with Gasteiger partial charge < -0.3 is 10.5 Å².